The van der Waals surface area contributed by atoms with Crippen molar-refractivity contribution in [2.75, 3.05) is 0 Å². The van der Waals surface area contributed by atoms with Crippen LogP contribution in [0, 0.1) is 0 Å². The second-order valence-corrected chi connectivity index (χ2v) is 2.12. The molecule has 1 rings (SSSR count). The number of hydrogen-bond acceptors (Lipinski definition) is 1. The van der Waals surface area contributed by atoms with Crippen LogP contribution in [0.4, 0.5) is 0 Å². The molecule has 1 aliphatic carbocycles. The van der Waals surface area contributed by atoms with Gasteiger partial charge in [0.1, 0.15) is 0 Å². The summed E-state index contributed by atoms with van der Waals surface area (Å²) in [6, 6.07) is 0. The van der Waals surface area contributed by atoms with Crippen LogP contribution in [0.15, 0.2) is 0 Å². The summed E-state index contributed by atoms with van der Waals surface area (Å²) < 4.78 is 0. The van der Waals surface area contributed by atoms with Gasteiger partial charge in [0.05, 0.1) is 0 Å². The maximum atomic E-state index is 3.53. The summed E-state index contributed by atoms with van der Waals surface area (Å²) in [6.07, 6.45) is 9.00. The van der Waals surface area contributed by atoms with Gasteiger partial charge >= 0.3 is 29.3 Å². The Kier molecular flexibility index (Phi) is 9.14. The summed E-state index contributed by atoms with van der Waals surface area (Å²) in [7, 11) is 3.53. The molecule has 0 atom stereocenters. The van der Waals surface area contributed by atoms with Gasteiger partial charge in [0, 0.05) is 0 Å². The van der Waals surface area contributed by atoms with Crippen molar-refractivity contribution in [3.8, 4) is 0 Å². The fourth-order valence-electron chi connectivity index (χ4n) is 1.06. The molecule has 1 fully saturated rings. The summed E-state index contributed by atoms with van der Waals surface area (Å²) >= 11 is 1.69. The van der Waals surface area contributed by atoms with Crippen molar-refractivity contribution in [1.82, 2.24) is 0 Å². The van der Waals surface area contributed by atoms with Gasteiger partial charge in [-0.3, -0.25) is 0 Å². The van der Waals surface area contributed by atoms with Crippen molar-refractivity contribution < 1.29 is 19.1 Å². The van der Waals surface area contributed by atoms with Gasteiger partial charge in [0.15, 0.2) is 0 Å². The van der Waals surface area contributed by atoms with Gasteiger partial charge in [-0.1, -0.05) is 38.5 Å². The molecule has 0 nitrogen and oxygen atoms in total. The van der Waals surface area contributed by atoms with E-state index in [9.17, 15) is 0 Å². The molecule has 8 heavy (non-hydrogen) atoms. The Balaban J connectivity index is 0.000000222. The van der Waals surface area contributed by atoms with E-state index in [4.69, 9.17) is 0 Å². The molecule has 0 unspecified atom stereocenters. The van der Waals surface area contributed by atoms with Crippen molar-refractivity contribution in [3.63, 3.8) is 0 Å². The third-order valence-corrected chi connectivity index (χ3v) is 1.50. The Hall–Kier alpha value is 1.06. The Bertz CT molecular complexity index is 24.0. The van der Waals surface area contributed by atoms with E-state index in [1.807, 2.05) is 0 Å². The molecule has 0 aromatic carbocycles. The minimum absolute atomic E-state index is 1.50. The molecule has 0 aromatic heterocycles. The average Bonchev–Trinajstić information content (AvgIpc) is 1.96. The van der Waals surface area contributed by atoms with Gasteiger partial charge < -0.3 is 0 Å². The van der Waals surface area contributed by atoms with Crippen molar-refractivity contribution in [3.05, 3.63) is 0 Å². The summed E-state index contributed by atoms with van der Waals surface area (Å²) in [4.78, 5) is 0. The number of hydrogen-bond donors (Lipinski definition) is 1. The molecular formula is C6H13STi. The minimum atomic E-state index is 1.50. The molecule has 2 heteroatoms. The van der Waals surface area contributed by atoms with E-state index in [0.717, 1.165) is 0 Å². The standard InChI is InChI=1S/C6H12.H2S.Ti/c1-2-4-6-5-3-1;;/h1-6H2;1H2;/q;;+1/p-1. The molecule has 0 aromatic rings. The van der Waals surface area contributed by atoms with E-state index in [1.54, 1.807) is 19.1 Å². The third-order valence-electron chi connectivity index (χ3n) is 1.50. The second-order valence-electron chi connectivity index (χ2n) is 2.12. The van der Waals surface area contributed by atoms with Crippen molar-refractivity contribution in [2.45, 2.75) is 38.5 Å². The van der Waals surface area contributed by atoms with Crippen LogP contribution in [0.3, 0.4) is 0 Å². The van der Waals surface area contributed by atoms with E-state index >= 15 is 0 Å². The molecule has 0 aliphatic heterocycles. The second kappa shape index (κ2) is 8.06. The van der Waals surface area contributed by atoms with Gasteiger partial charge in [-0.25, -0.2) is 0 Å². The quantitative estimate of drug-likeness (QED) is 0.414. The molecule has 0 radical (unpaired) electrons. The molecule has 0 saturated heterocycles. The fraction of sp³-hybridized carbons (Fsp3) is 1.00. The van der Waals surface area contributed by atoms with Gasteiger partial charge in [0.2, 0.25) is 0 Å². The SMILES string of the molecule is C1CCCCC1.[SH][Ti]. The summed E-state index contributed by atoms with van der Waals surface area (Å²) in [5, 5.41) is 0. The predicted octanol–water partition coefficient (Wildman–Crippen LogP) is 2.72. The van der Waals surface area contributed by atoms with E-state index in [-0.39, 0.29) is 0 Å². The van der Waals surface area contributed by atoms with E-state index in [1.165, 1.54) is 38.5 Å². The fourth-order valence-corrected chi connectivity index (χ4v) is 1.06. The monoisotopic (exact) mass is 165 g/mol. The Morgan fingerprint density at radius 3 is 0.875 bits per heavy atom. The van der Waals surface area contributed by atoms with Crippen LogP contribution in [0.25, 0.3) is 0 Å². The summed E-state index contributed by atoms with van der Waals surface area (Å²) in [6.45, 7) is 0. The number of thiol groups is 1. The van der Waals surface area contributed by atoms with E-state index in [2.05, 4.69) is 10.2 Å². The predicted molar refractivity (Wildman–Crippen MR) is 36.7 cm³/mol. The Labute approximate surface area is 67.9 Å². The van der Waals surface area contributed by atoms with Crippen molar-refractivity contribution in [1.29, 1.82) is 0 Å². The molecular weight excluding hydrogens is 152 g/mol. The first-order chi connectivity index (χ1) is 4.00. The molecule has 1 saturated carbocycles. The van der Waals surface area contributed by atoms with Gasteiger partial charge in [-0.05, 0) is 0 Å². The van der Waals surface area contributed by atoms with Crippen LogP contribution in [-0.4, -0.2) is 0 Å². The molecule has 1 aliphatic rings. The van der Waals surface area contributed by atoms with Crippen molar-refractivity contribution >= 4 is 10.2 Å². The molecule has 0 bridgehead atoms. The van der Waals surface area contributed by atoms with Crippen LogP contribution in [0.1, 0.15) is 38.5 Å². The van der Waals surface area contributed by atoms with E-state index in [0.29, 0.717) is 0 Å². The zero-order valence-corrected chi connectivity index (χ0v) is 7.65. The zero-order chi connectivity index (χ0) is 6.24. The Morgan fingerprint density at radius 2 is 0.750 bits per heavy atom. The topological polar surface area (TPSA) is 0 Å². The summed E-state index contributed by atoms with van der Waals surface area (Å²) in [5.41, 5.74) is 0. The first-order valence-electron chi connectivity index (χ1n) is 3.22. The molecule has 0 N–H and O–H groups in total. The molecule has 0 heterocycles. The zero-order valence-electron chi connectivity index (χ0n) is 5.19. The Morgan fingerprint density at radius 1 is 0.625 bits per heavy atom. The first-order valence-corrected chi connectivity index (χ1v) is 5.77. The average molecular weight is 165 g/mol. The van der Waals surface area contributed by atoms with Gasteiger partial charge in [0.25, 0.3) is 0 Å². The third kappa shape index (κ3) is 5.21. The van der Waals surface area contributed by atoms with Crippen LogP contribution in [0.5, 0.6) is 0 Å². The summed E-state index contributed by atoms with van der Waals surface area (Å²) in [5.74, 6) is 0. The first kappa shape index (κ1) is 9.06. The van der Waals surface area contributed by atoms with Crippen LogP contribution in [-0.2, 0) is 19.1 Å². The van der Waals surface area contributed by atoms with Crippen molar-refractivity contribution in [2.24, 2.45) is 0 Å². The van der Waals surface area contributed by atoms with Crippen LogP contribution in [0.2, 0.25) is 0 Å². The molecule has 0 amide bonds. The molecule has 47 valence electrons. The van der Waals surface area contributed by atoms with Gasteiger partial charge in [-0.15, -0.1) is 0 Å². The van der Waals surface area contributed by atoms with E-state index < -0.39 is 0 Å². The molecule has 0 spiro atoms. The number of rotatable bonds is 0. The normalized spacial score (nSPS) is 18.5. The van der Waals surface area contributed by atoms with Gasteiger partial charge in [-0.2, -0.15) is 0 Å². The van der Waals surface area contributed by atoms with Crippen LogP contribution >= 0.6 is 10.2 Å². The van der Waals surface area contributed by atoms with Crippen LogP contribution < -0.4 is 0 Å². The maximum absolute atomic E-state index is 3.53.